The van der Waals surface area contributed by atoms with Gasteiger partial charge in [-0.15, -0.1) is 0 Å². The van der Waals surface area contributed by atoms with Gasteiger partial charge in [-0.25, -0.2) is 4.68 Å². The molecule has 0 saturated heterocycles. The summed E-state index contributed by atoms with van der Waals surface area (Å²) in [5.74, 6) is -1.82. The van der Waals surface area contributed by atoms with E-state index < -0.39 is 65.1 Å². The Bertz CT molecular complexity index is 2040. The van der Waals surface area contributed by atoms with Gasteiger partial charge in [0.05, 0.1) is 24.6 Å². The highest BCUT2D eigenvalue weighted by atomic mass is 19.4. The molecule has 4 aromatic rings. The van der Waals surface area contributed by atoms with Crippen LogP contribution in [0.5, 0.6) is 11.5 Å². The SMILES string of the molecule is CCOC(=O)C[C@@H]1NC(=O)[C@@H](n2cc(CCCN(C)C)c(C(F)(F)F)cc2=O)c2cccc(c2)Oc2cc(C)cc(C)c2-n2cc1c(C(F)(F)F)n2. The molecule has 1 aliphatic heterocycles. The molecule has 2 aromatic carbocycles. The summed E-state index contributed by atoms with van der Waals surface area (Å²) in [5, 5.41) is 6.35. The number of rotatable bonds is 8. The largest absolute Gasteiger partial charge is 0.466 e. The molecule has 0 aliphatic carbocycles. The number of pyridine rings is 1. The van der Waals surface area contributed by atoms with Gasteiger partial charge in [0.15, 0.2) is 11.4 Å². The summed E-state index contributed by atoms with van der Waals surface area (Å²) in [6, 6.07) is 6.14. The maximum atomic E-state index is 14.7. The minimum Gasteiger partial charge on any atom is -0.466 e. The predicted molar refractivity (Wildman–Crippen MR) is 177 cm³/mol. The third-order valence-corrected chi connectivity index (χ3v) is 8.47. The highest BCUT2D eigenvalue weighted by molar-refractivity contribution is 5.85. The summed E-state index contributed by atoms with van der Waals surface area (Å²) in [5.41, 5.74) is -3.21. The van der Waals surface area contributed by atoms with Crippen LogP contribution in [0, 0.1) is 13.8 Å². The monoisotopic (exact) mass is 733 g/mol. The lowest BCUT2D eigenvalue weighted by Gasteiger charge is -2.26. The zero-order valence-electron chi connectivity index (χ0n) is 29.0. The summed E-state index contributed by atoms with van der Waals surface area (Å²) in [6.07, 6.45) is -8.57. The van der Waals surface area contributed by atoms with Crippen LogP contribution in [0.4, 0.5) is 26.3 Å². The van der Waals surface area contributed by atoms with Crippen molar-refractivity contribution in [2.24, 2.45) is 0 Å². The molecule has 1 N–H and O–H groups in total. The first kappa shape index (κ1) is 38.1. The van der Waals surface area contributed by atoms with Gasteiger partial charge in [-0.1, -0.05) is 18.2 Å². The molecule has 0 saturated carbocycles. The number of nitrogens with one attached hydrogen (secondary N) is 1. The van der Waals surface area contributed by atoms with Crippen molar-refractivity contribution < 1.29 is 45.4 Å². The number of esters is 1. The summed E-state index contributed by atoms with van der Waals surface area (Å²) in [4.78, 5) is 42.6. The first-order valence-electron chi connectivity index (χ1n) is 16.4. The minimum absolute atomic E-state index is 0.0697. The number of aryl methyl sites for hydroxylation is 3. The molecule has 278 valence electrons. The Morgan fingerprint density at radius 1 is 1.02 bits per heavy atom. The Hall–Kier alpha value is -5.12. The van der Waals surface area contributed by atoms with E-state index in [0.29, 0.717) is 23.7 Å². The topological polar surface area (TPSA) is 108 Å². The van der Waals surface area contributed by atoms with Crippen LogP contribution in [0.3, 0.4) is 0 Å². The van der Waals surface area contributed by atoms with E-state index in [-0.39, 0.29) is 47.8 Å². The fraction of sp³-hybridized carbons (Fsp3) is 0.389. The van der Waals surface area contributed by atoms with Crippen LogP contribution in [-0.4, -0.2) is 58.4 Å². The van der Waals surface area contributed by atoms with Gasteiger partial charge in [-0.3, -0.25) is 19.0 Å². The molecule has 3 heterocycles. The maximum absolute atomic E-state index is 14.7. The fourth-order valence-electron chi connectivity index (χ4n) is 6.30. The molecule has 2 aromatic heterocycles. The number of hydrogen-bond acceptors (Lipinski definition) is 7. The summed E-state index contributed by atoms with van der Waals surface area (Å²) >= 11 is 0. The smallest absolute Gasteiger partial charge is 0.435 e. The number of aromatic nitrogens is 3. The van der Waals surface area contributed by atoms with Crippen molar-refractivity contribution in [3.63, 3.8) is 0 Å². The van der Waals surface area contributed by atoms with Crippen molar-refractivity contribution in [1.82, 2.24) is 24.6 Å². The van der Waals surface area contributed by atoms with Gasteiger partial charge >= 0.3 is 18.3 Å². The van der Waals surface area contributed by atoms with Gasteiger partial charge in [0.1, 0.15) is 17.5 Å². The normalized spacial score (nSPS) is 16.3. The quantitative estimate of drug-likeness (QED) is 0.159. The number of alkyl halides is 6. The van der Waals surface area contributed by atoms with Gasteiger partial charge in [0.2, 0.25) is 5.91 Å². The van der Waals surface area contributed by atoms with Crippen LogP contribution in [0.15, 0.2) is 59.7 Å². The molecule has 1 amide bonds. The zero-order chi connectivity index (χ0) is 38.1. The highest BCUT2D eigenvalue weighted by Crippen LogP contribution is 2.40. The second kappa shape index (κ2) is 14.9. The lowest BCUT2D eigenvalue weighted by atomic mass is 9.99. The molecular formula is C36H37F6N5O5. The predicted octanol–water partition coefficient (Wildman–Crippen LogP) is 6.69. The Morgan fingerprint density at radius 3 is 2.40 bits per heavy atom. The number of nitrogens with zero attached hydrogens (tertiary/aromatic N) is 4. The van der Waals surface area contributed by atoms with E-state index in [0.717, 1.165) is 21.6 Å². The van der Waals surface area contributed by atoms with E-state index in [1.807, 2.05) is 0 Å². The van der Waals surface area contributed by atoms with Gasteiger partial charge in [-0.05, 0) is 94.7 Å². The second-order valence-corrected chi connectivity index (χ2v) is 12.8. The fourth-order valence-corrected chi connectivity index (χ4v) is 6.30. The number of benzene rings is 2. The van der Waals surface area contributed by atoms with Crippen LogP contribution in [0.2, 0.25) is 0 Å². The van der Waals surface area contributed by atoms with E-state index in [4.69, 9.17) is 9.47 Å². The van der Waals surface area contributed by atoms with Gasteiger partial charge in [-0.2, -0.15) is 31.4 Å². The van der Waals surface area contributed by atoms with Crippen molar-refractivity contribution in [1.29, 1.82) is 0 Å². The molecule has 5 rings (SSSR count). The maximum Gasteiger partial charge on any atom is 0.435 e. The van der Waals surface area contributed by atoms with Crippen LogP contribution in [-0.2, 0) is 33.1 Å². The summed E-state index contributed by atoms with van der Waals surface area (Å²) in [7, 11) is 3.50. The lowest BCUT2D eigenvalue weighted by Crippen LogP contribution is -2.41. The average molecular weight is 734 g/mol. The summed E-state index contributed by atoms with van der Waals surface area (Å²) in [6.45, 7) is 5.22. The second-order valence-electron chi connectivity index (χ2n) is 12.8. The Morgan fingerprint density at radius 2 is 1.75 bits per heavy atom. The average Bonchev–Trinajstić information content (AvgIpc) is 3.47. The van der Waals surface area contributed by atoms with Crippen molar-refractivity contribution in [2.75, 3.05) is 27.2 Å². The van der Waals surface area contributed by atoms with Crippen LogP contribution in [0.25, 0.3) is 5.69 Å². The lowest BCUT2D eigenvalue weighted by molar-refractivity contribution is -0.146. The number of halogens is 6. The van der Waals surface area contributed by atoms with E-state index in [1.54, 1.807) is 45.0 Å². The third-order valence-electron chi connectivity index (χ3n) is 8.47. The first-order valence-corrected chi connectivity index (χ1v) is 16.4. The van der Waals surface area contributed by atoms with E-state index >= 15 is 0 Å². The van der Waals surface area contributed by atoms with Gasteiger partial charge in [0, 0.05) is 24.0 Å². The van der Waals surface area contributed by atoms with Crippen LogP contribution < -0.4 is 15.6 Å². The number of amides is 1. The Labute approximate surface area is 294 Å². The van der Waals surface area contributed by atoms with Crippen molar-refractivity contribution in [3.05, 3.63) is 104 Å². The molecule has 16 heteroatoms. The number of fused-ring (bicyclic) bond motifs is 6. The van der Waals surface area contributed by atoms with E-state index in [2.05, 4.69) is 10.4 Å². The molecule has 1 aliphatic rings. The zero-order valence-corrected chi connectivity index (χ0v) is 29.0. The van der Waals surface area contributed by atoms with Crippen LogP contribution >= 0.6 is 0 Å². The third kappa shape index (κ3) is 8.33. The molecule has 52 heavy (non-hydrogen) atoms. The summed E-state index contributed by atoms with van der Waals surface area (Å²) < 4.78 is 99.6. The number of hydrogen-bond donors (Lipinski definition) is 1. The van der Waals surface area contributed by atoms with Gasteiger partial charge < -0.3 is 19.7 Å². The number of ether oxygens (including phenoxy) is 2. The molecule has 0 unspecified atom stereocenters. The molecule has 0 spiro atoms. The molecule has 2 atom stereocenters. The number of carbonyl (C=O) groups is 2. The molecular weight excluding hydrogens is 696 g/mol. The van der Waals surface area contributed by atoms with Crippen molar-refractivity contribution >= 4 is 11.9 Å². The molecule has 0 fully saturated rings. The van der Waals surface area contributed by atoms with Crippen molar-refractivity contribution in [2.45, 2.75) is 64.5 Å². The number of carbonyl (C=O) groups excluding carboxylic acids is 2. The standard InChI is InChI=1S/C36H37F6N5O5/c1-6-51-30(49)17-27-25-19-47(44-33(25)36(40,41)42)31-21(3)13-20(2)14-28(31)52-24-11-7-9-22(15-24)32(34(50)43-27)46-18-23(10-8-12-45(4)5)26(16-29(46)48)35(37,38)39/h7,9,11,13-16,18-19,27,32H,6,8,10,12,17H2,1-5H3,(H,43,50)/t27-,32-/m0/s1. The van der Waals surface area contributed by atoms with Gasteiger partial charge in [0.25, 0.3) is 5.56 Å². The van der Waals surface area contributed by atoms with Crippen LogP contribution in [0.1, 0.15) is 70.9 Å². The molecule has 0 radical (unpaired) electrons. The van der Waals surface area contributed by atoms with E-state index in [9.17, 15) is 40.7 Å². The van der Waals surface area contributed by atoms with E-state index in [1.165, 1.54) is 31.2 Å². The minimum atomic E-state index is -5.07. The Balaban J connectivity index is 1.79. The Kier molecular flexibility index (Phi) is 10.9. The first-order chi connectivity index (χ1) is 24.4. The molecule has 10 nitrogen and oxygen atoms in total. The molecule has 4 bridgehead atoms. The highest BCUT2D eigenvalue weighted by Gasteiger charge is 2.42. The van der Waals surface area contributed by atoms with Crippen molar-refractivity contribution in [3.8, 4) is 17.2 Å².